The molecule has 0 aromatic carbocycles. The van der Waals surface area contributed by atoms with Crippen LogP contribution in [0.2, 0.25) is 0 Å². The Labute approximate surface area is 117 Å². The van der Waals surface area contributed by atoms with Crippen LogP contribution in [0.25, 0.3) is 0 Å². The van der Waals surface area contributed by atoms with Crippen molar-refractivity contribution in [3.8, 4) is 5.88 Å². The smallest absolute Gasteiger partial charge is 0.213 e. The van der Waals surface area contributed by atoms with Crippen LogP contribution in [0.1, 0.15) is 52.7 Å². The maximum absolute atomic E-state index is 5.51. The summed E-state index contributed by atoms with van der Waals surface area (Å²) in [5, 5.41) is 3.58. The molecule has 0 fully saturated rings. The number of rotatable bonds is 8. The van der Waals surface area contributed by atoms with Gasteiger partial charge in [-0.2, -0.15) is 0 Å². The van der Waals surface area contributed by atoms with E-state index in [1.54, 1.807) is 0 Å². The van der Waals surface area contributed by atoms with Gasteiger partial charge in [-0.1, -0.05) is 26.8 Å². The van der Waals surface area contributed by atoms with E-state index in [2.05, 4.69) is 44.1 Å². The van der Waals surface area contributed by atoms with Crippen molar-refractivity contribution in [2.45, 2.75) is 53.0 Å². The van der Waals surface area contributed by atoms with Crippen LogP contribution in [0, 0.1) is 5.92 Å². The molecule has 2 unspecified atom stereocenters. The molecule has 1 N–H and O–H groups in total. The van der Waals surface area contributed by atoms with Gasteiger partial charge in [0.05, 0.1) is 6.61 Å². The molecular weight excluding hydrogens is 236 g/mol. The molecule has 0 amide bonds. The second-order valence-corrected chi connectivity index (χ2v) is 5.35. The maximum atomic E-state index is 5.51. The Kier molecular flexibility index (Phi) is 6.85. The molecule has 0 bridgehead atoms. The van der Waals surface area contributed by atoms with Gasteiger partial charge < -0.3 is 10.1 Å². The summed E-state index contributed by atoms with van der Waals surface area (Å²) in [7, 11) is 0. The Morgan fingerprint density at radius 2 is 1.95 bits per heavy atom. The van der Waals surface area contributed by atoms with E-state index in [0.29, 0.717) is 24.5 Å². The lowest BCUT2D eigenvalue weighted by Crippen LogP contribution is -2.35. The minimum atomic E-state index is 0.409. The van der Waals surface area contributed by atoms with Gasteiger partial charge >= 0.3 is 0 Å². The summed E-state index contributed by atoms with van der Waals surface area (Å²) in [6.07, 6.45) is 1.15. The molecule has 0 aliphatic heterocycles. The van der Waals surface area contributed by atoms with Gasteiger partial charge in [0.1, 0.15) is 0 Å². The van der Waals surface area contributed by atoms with Crippen molar-refractivity contribution in [1.82, 2.24) is 10.3 Å². The minimum absolute atomic E-state index is 0.409. The average molecular weight is 264 g/mol. The number of hydrogen-bond acceptors (Lipinski definition) is 3. The van der Waals surface area contributed by atoms with E-state index in [4.69, 9.17) is 4.74 Å². The van der Waals surface area contributed by atoms with Crippen molar-refractivity contribution >= 4 is 0 Å². The third-order valence-electron chi connectivity index (χ3n) is 3.35. The predicted molar refractivity (Wildman–Crippen MR) is 80.7 cm³/mol. The summed E-state index contributed by atoms with van der Waals surface area (Å²) >= 11 is 0. The van der Waals surface area contributed by atoms with Crippen molar-refractivity contribution in [2.24, 2.45) is 5.92 Å². The summed E-state index contributed by atoms with van der Waals surface area (Å²) in [5.41, 5.74) is 1.12. The molecule has 108 valence electrons. The molecule has 2 atom stereocenters. The van der Waals surface area contributed by atoms with Crippen LogP contribution in [0.3, 0.4) is 0 Å². The summed E-state index contributed by atoms with van der Waals surface area (Å²) in [6, 6.07) is 6.49. The highest BCUT2D eigenvalue weighted by molar-refractivity contribution is 5.20. The molecule has 1 aromatic heterocycles. The Morgan fingerprint density at radius 3 is 2.53 bits per heavy atom. The van der Waals surface area contributed by atoms with Crippen LogP contribution in [0.5, 0.6) is 5.88 Å². The number of aromatic nitrogens is 1. The number of nitrogens with one attached hydrogen (secondary N) is 1. The minimum Gasteiger partial charge on any atom is -0.478 e. The van der Waals surface area contributed by atoms with Crippen molar-refractivity contribution in [1.29, 1.82) is 0 Å². The molecular formula is C16H28N2O. The first kappa shape index (κ1) is 16.0. The van der Waals surface area contributed by atoms with E-state index >= 15 is 0 Å². The largest absolute Gasteiger partial charge is 0.478 e. The van der Waals surface area contributed by atoms with Gasteiger partial charge in [-0.3, -0.25) is 0 Å². The highest BCUT2D eigenvalue weighted by atomic mass is 16.5. The van der Waals surface area contributed by atoms with Crippen LogP contribution >= 0.6 is 0 Å². The zero-order valence-electron chi connectivity index (χ0n) is 12.9. The number of pyridine rings is 1. The van der Waals surface area contributed by atoms with E-state index in [0.717, 1.165) is 24.5 Å². The second kappa shape index (κ2) is 8.16. The third kappa shape index (κ3) is 4.83. The first-order valence-electron chi connectivity index (χ1n) is 7.43. The third-order valence-corrected chi connectivity index (χ3v) is 3.35. The maximum Gasteiger partial charge on any atom is 0.213 e. The molecule has 19 heavy (non-hydrogen) atoms. The van der Waals surface area contributed by atoms with Gasteiger partial charge in [-0.15, -0.1) is 0 Å². The molecule has 0 saturated carbocycles. The topological polar surface area (TPSA) is 34.1 Å². The molecule has 0 saturated heterocycles. The van der Waals surface area contributed by atoms with E-state index in [1.807, 2.05) is 19.1 Å². The van der Waals surface area contributed by atoms with Crippen molar-refractivity contribution < 1.29 is 4.74 Å². The quantitative estimate of drug-likeness (QED) is 0.779. The fourth-order valence-corrected chi connectivity index (χ4v) is 2.52. The highest BCUT2D eigenvalue weighted by Crippen LogP contribution is 2.27. The first-order valence-corrected chi connectivity index (χ1v) is 7.43. The lowest BCUT2D eigenvalue weighted by atomic mass is 9.86. The predicted octanol–water partition coefficient (Wildman–Crippen LogP) is 3.61. The average Bonchev–Trinajstić information content (AvgIpc) is 2.37. The lowest BCUT2D eigenvalue weighted by molar-refractivity contribution is 0.319. The molecule has 1 heterocycles. The van der Waals surface area contributed by atoms with Crippen LogP contribution < -0.4 is 10.1 Å². The van der Waals surface area contributed by atoms with Gasteiger partial charge in [0.25, 0.3) is 0 Å². The van der Waals surface area contributed by atoms with Crippen LogP contribution in [0.15, 0.2) is 18.2 Å². The van der Waals surface area contributed by atoms with Crippen LogP contribution in [-0.2, 0) is 0 Å². The van der Waals surface area contributed by atoms with Gasteiger partial charge in [0, 0.05) is 23.7 Å². The molecule has 1 rings (SSSR count). The van der Waals surface area contributed by atoms with Gasteiger partial charge in [-0.05, 0) is 38.8 Å². The summed E-state index contributed by atoms with van der Waals surface area (Å²) in [5.74, 6) is 1.68. The highest BCUT2D eigenvalue weighted by Gasteiger charge is 2.23. The van der Waals surface area contributed by atoms with E-state index in [-0.39, 0.29) is 0 Å². The van der Waals surface area contributed by atoms with Crippen molar-refractivity contribution in [3.63, 3.8) is 0 Å². The van der Waals surface area contributed by atoms with Crippen molar-refractivity contribution in [2.75, 3.05) is 13.2 Å². The zero-order valence-corrected chi connectivity index (χ0v) is 12.9. The Hall–Kier alpha value is -1.09. The zero-order chi connectivity index (χ0) is 14.3. The van der Waals surface area contributed by atoms with Crippen LogP contribution in [-0.4, -0.2) is 24.2 Å². The number of nitrogens with zero attached hydrogens (tertiary/aromatic N) is 1. The molecule has 0 radical (unpaired) electrons. The molecule has 0 aliphatic rings. The van der Waals surface area contributed by atoms with E-state index in [9.17, 15) is 0 Å². The molecule has 3 heteroatoms. The monoisotopic (exact) mass is 264 g/mol. The van der Waals surface area contributed by atoms with E-state index in [1.165, 1.54) is 0 Å². The van der Waals surface area contributed by atoms with Gasteiger partial charge in [-0.25, -0.2) is 4.98 Å². The van der Waals surface area contributed by atoms with Gasteiger partial charge in [0.2, 0.25) is 5.88 Å². The molecule has 3 nitrogen and oxygen atoms in total. The normalized spacial score (nSPS) is 14.4. The molecule has 0 spiro atoms. The summed E-state index contributed by atoms with van der Waals surface area (Å²) < 4.78 is 5.51. The van der Waals surface area contributed by atoms with E-state index < -0.39 is 0 Å². The molecule has 0 aliphatic carbocycles. The Morgan fingerprint density at radius 1 is 1.21 bits per heavy atom. The second-order valence-electron chi connectivity index (χ2n) is 5.35. The Bertz CT molecular complexity index is 366. The number of ether oxygens (including phenoxy) is 1. The molecule has 1 aromatic rings. The number of hydrogen-bond donors (Lipinski definition) is 1. The fourth-order valence-electron chi connectivity index (χ4n) is 2.52. The first-order chi connectivity index (χ1) is 9.10. The summed E-state index contributed by atoms with van der Waals surface area (Å²) in [4.78, 5) is 4.65. The standard InChI is InChI=1S/C16H28N2O/c1-6-11-17-13(5)16(12(3)4)14-9-8-10-15(18-14)19-7-2/h8-10,12-13,16-17H,6-7,11H2,1-5H3. The summed E-state index contributed by atoms with van der Waals surface area (Å²) in [6.45, 7) is 12.6. The Balaban J connectivity index is 2.88. The SMILES string of the molecule is CCCNC(C)C(c1cccc(OCC)n1)C(C)C. The lowest BCUT2D eigenvalue weighted by Gasteiger charge is -2.28. The fraction of sp³-hybridized carbons (Fsp3) is 0.688. The van der Waals surface area contributed by atoms with Crippen LogP contribution in [0.4, 0.5) is 0 Å². The van der Waals surface area contributed by atoms with Crippen molar-refractivity contribution in [3.05, 3.63) is 23.9 Å². The van der Waals surface area contributed by atoms with Gasteiger partial charge in [0.15, 0.2) is 0 Å².